The minimum Gasteiger partial charge on any atom is -0.512 e. The van der Waals surface area contributed by atoms with Crippen molar-refractivity contribution in [2.75, 3.05) is 0 Å². The van der Waals surface area contributed by atoms with E-state index >= 15 is 0 Å². The molecular formula is C15H24DyO6. The Kier molecular flexibility index (Phi) is 23.6. The molecule has 0 unspecified atom stereocenters. The maximum Gasteiger partial charge on any atom is 0.155 e. The van der Waals surface area contributed by atoms with E-state index in [-0.39, 0.29) is 72.8 Å². The fraction of sp³-hybridized carbons (Fsp3) is 0.400. The standard InChI is InChI=1S/3C5H8O2.Dy/c3*1-4(6)3-5(2)7;/h3*3,6H,1-2H3;/b3*4-3-;. The number of carbonyl (C=O) groups excluding carboxylic acids is 3. The second kappa shape index (κ2) is 18.0. The number of allylic oxidation sites excluding steroid dienone is 6. The molecule has 130 valence electrons. The zero-order valence-corrected chi connectivity index (χ0v) is 15.6. The van der Waals surface area contributed by atoms with Crippen molar-refractivity contribution in [3.63, 3.8) is 0 Å². The van der Waals surface area contributed by atoms with Gasteiger partial charge in [0.15, 0.2) is 17.3 Å². The first-order chi connectivity index (χ1) is 9.38. The van der Waals surface area contributed by atoms with Crippen LogP contribution in [0, 0.1) is 38.2 Å². The van der Waals surface area contributed by atoms with Crippen molar-refractivity contribution in [2.24, 2.45) is 0 Å². The summed E-state index contributed by atoms with van der Waals surface area (Å²) in [6.45, 7) is 8.54. The second-order valence-corrected chi connectivity index (χ2v) is 4.19. The largest absolute Gasteiger partial charge is 0.512 e. The average Bonchev–Trinajstić information content (AvgIpc) is 2.10. The quantitative estimate of drug-likeness (QED) is 0.439. The van der Waals surface area contributed by atoms with Crippen molar-refractivity contribution >= 4 is 17.3 Å². The molecule has 0 aliphatic carbocycles. The number of rotatable bonds is 3. The molecule has 0 aliphatic rings. The summed E-state index contributed by atoms with van der Waals surface area (Å²) in [5.74, 6) is -0.187. The van der Waals surface area contributed by atoms with Crippen LogP contribution in [0.2, 0.25) is 0 Å². The first-order valence-corrected chi connectivity index (χ1v) is 6.02. The molecule has 0 heterocycles. The third kappa shape index (κ3) is 51.0. The molecule has 0 saturated heterocycles. The number of hydrogen-bond donors (Lipinski definition) is 3. The van der Waals surface area contributed by atoms with Crippen LogP contribution in [0.5, 0.6) is 0 Å². The van der Waals surface area contributed by atoms with E-state index in [0.29, 0.717) is 0 Å². The molecule has 0 atom stereocenters. The van der Waals surface area contributed by atoms with Crippen LogP contribution in [-0.2, 0) is 14.4 Å². The fourth-order valence-corrected chi connectivity index (χ4v) is 0.882. The predicted molar refractivity (Wildman–Crippen MR) is 81.2 cm³/mol. The van der Waals surface area contributed by atoms with Crippen LogP contribution < -0.4 is 0 Å². The molecule has 0 radical (unpaired) electrons. The van der Waals surface area contributed by atoms with Crippen molar-refractivity contribution < 1.29 is 67.9 Å². The number of aliphatic hydroxyl groups is 3. The van der Waals surface area contributed by atoms with Gasteiger partial charge in [0.05, 0.1) is 17.3 Å². The number of aliphatic hydroxyl groups excluding tert-OH is 3. The summed E-state index contributed by atoms with van der Waals surface area (Å²) in [5.41, 5.74) is 0. The molecule has 22 heavy (non-hydrogen) atoms. The van der Waals surface area contributed by atoms with E-state index in [1.807, 2.05) is 0 Å². The van der Waals surface area contributed by atoms with Gasteiger partial charge in [0.1, 0.15) is 0 Å². The zero-order valence-electron chi connectivity index (χ0n) is 13.6. The van der Waals surface area contributed by atoms with Crippen LogP contribution in [0.4, 0.5) is 0 Å². The second-order valence-electron chi connectivity index (χ2n) is 4.19. The zero-order chi connectivity index (χ0) is 17.6. The Hall–Kier alpha value is -1.10. The number of ketones is 3. The third-order valence-electron chi connectivity index (χ3n) is 1.24. The van der Waals surface area contributed by atoms with Gasteiger partial charge in [-0.15, -0.1) is 0 Å². The van der Waals surface area contributed by atoms with E-state index in [1.165, 1.54) is 59.8 Å². The Labute approximate surface area is 161 Å². The molecule has 0 aliphatic heterocycles. The molecule has 0 aromatic heterocycles. The molecule has 0 fully saturated rings. The summed E-state index contributed by atoms with van der Waals surface area (Å²) < 4.78 is 0. The third-order valence-corrected chi connectivity index (χ3v) is 1.24. The fourth-order valence-electron chi connectivity index (χ4n) is 0.882. The van der Waals surface area contributed by atoms with Gasteiger partial charge in [-0.25, -0.2) is 0 Å². The van der Waals surface area contributed by atoms with Crippen molar-refractivity contribution in [3.8, 4) is 0 Å². The van der Waals surface area contributed by atoms with E-state index in [0.717, 1.165) is 0 Å². The van der Waals surface area contributed by atoms with Crippen molar-refractivity contribution in [1.29, 1.82) is 0 Å². The first-order valence-electron chi connectivity index (χ1n) is 6.02. The summed E-state index contributed by atoms with van der Waals surface area (Å²) in [5, 5.41) is 25.1. The number of carbonyl (C=O) groups is 3. The summed E-state index contributed by atoms with van der Waals surface area (Å²) >= 11 is 0. The molecule has 3 N–H and O–H groups in total. The molecule has 0 bridgehead atoms. The predicted octanol–water partition coefficient (Wildman–Crippen LogP) is 3.11. The molecule has 0 amide bonds. The Bertz CT molecular complexity index is 368. The van der Waals surface area contributed by atoms with Crippen LogP contribution in [0.3, 0.4) is 0 Å². The van der Waals surface area contributed by atoms with Crippen LogP contribution in [-0.4, -0.2) is 32.7 Å². The van der Waals surface area contributed by atoms with Gasteiger partial charge in [-0.3, -0.25) is 14.4 Å². The Morgan fingerprint density at radius 1 is 0.545 bits per heavy atom. The van der Waals surface area contributed by atoms with E-state index in [9.17, 15) is 14.4 Å². The summed E-state index contributed by atoms with van der Waals surface area (Å²) in [7, 11) is 0. The van der Waals surface area contributed by atoms with Gasteiger partial charge < -0.3 is 15.3 Å². The van der Waals surface area contributed by atoms with E-state index in [4.69, 9.17) is 15.3 Å². The first kappa shape index (κ1) is 29.0. The smallest absolute Gasteiger partial charge is 0.155 e. The Balaban J connectivity index is -0.000000108. The minimum absolute atomic E-state index is 0. The van der Waals surface area contributed by atoms with E-state index in [2.05, 4.69) is 0 Å². The molecule has 0 saturated carbocycles. The Morgan fingerprint density at radius 2 is 0.682 bits per heavy atom. The normalized spacial score (nSPS) is 10.9. The molecule has 0 aromatic carbocycles. The summed E-state index contributed by atoms with van der Waals surface area (Å²) in [4.78, 5) is 30.1. The topological polar surface area (TPSA) is 112 Å². The molecule has 6 nitrogen and oxygen atoms in total. The van der Waals surface area contributed by atoms with E-state index in [1.54, 1.807) is 0 Å². The molecule has 7 heteroatoms. The Morgan fingerprint density at radius 3 is 0.682 bits per heavy atom. The van der Waals surface area contributed by atoms with E-state index < -0.39 is 0 Å². The monoisotopic (exact) mass is 464 g/mol. The van der Waals surface area contributed by atoms with Crippen molar-refractivity contribution in [2.45, 2.75) is 41.5 Å². The van der Waals surface area contributed by atoms with Crippen LogP contribution in [0.1, 0.15) is 41.5 Å². The van der Waals surface area contributed by atoms with Gasteiger partial charge in [-0.2, -0.15) is 0 Å². The van der Waals surface area contributed by atoms with Crippen LogP contribution >= 0.6 is 0 Å². The summed E-state index contributed by atoms with van der Waals surface area (Å²) in [6.07, 6.45) is 3.50. The van der Waals surface area contributed by atoms with Crippen molar-refractivity contribution in [3.05, 3.63) is 35.5 Å². The van der Waals surface area contributed by atoms with Crippen LogP contribution in [0.15, 0.2) is 35.5 Å². The van der Waals surface area contributed by atoms with Gasteiger partial charge >= 0.3 is 0 Å². The van der Waals surface area contributed by atoms with Gasteiger partial charge in [-0.1, -0.05) is 0 Å². The minimum atomic E-state index is -0.125. The van der Waals surface area contributed by atoms with Gasteiger partial charge in [0.2, 0.25) is 0 Å². The van der Waals surface area contributed by atoms with Crippen LogP contribution in [0.25, 0.3) is 0 Å². The molecule has 0 aromatic rings. The van der Waals surface area contributed by atoms with Gasteiger partial charge in [0, 0.05) is 56.4 Å². The van der Waals surface area contributed by atoms with Crippen molar-refractivity contribution in [1.82, 2.24) is 0 Å². The maximum absolute atomic E-state index is 10.0. The molecule has 0 spiro atoms. The maximum atomic E-state index is 10.0. The molecular weight excluding hydrogens is 439 g/mol. The van der Waals surface area contributed by atoms with Gasteiger partial charge in [-0.05, 0) is 41.5 Å². The van der Waals surface area contributed by atoms with Gasteiger partial charge in [0.25, 0.3) is 0 Å². The molecule has 0 rings (SSSR count). The summed E-state index contributed by atoms with van der Waals surface area (Å²) in [6, 6.07) is 0. The SMILES string of the molecule is CC(=O)/C=C(/C)O.CC(=O)/C=C(/C)O.CC(=O)/C=C(/C)O.[Dy]. The number of hydrogen-bond acceptors (Lipinski definition) is 6. The average molecular weight is 463 g/mol.